The van der Waals surface area contributed by atoms with Crippen molar-refractivity contribution in [3.8, 4) is 5.88 Å². The molecule has 3 aromatic rings. The number of anilines is 1. The fraction of sp³-hybridized carbons (Fsp3) is 0.429. The first-order valence-electron chi connectivity index (χ1n) is 10.3. The van der Waals surface area contributed by atoms with Crippen molar-refractivity contribution < 1.29 is 27.5 Å². The molecule has 12 heteroatoms. The van der Waals surface area contributed by atoms with Gasteiger partial charge in [0.05, 0.1) is 29.1 Å². The Hall–Kier alpha value is -2.99. The number of carbonyl (C=O) groups excluding carboxylic acids is 2. The number of sulfone groups is 1. The van der Waals surface area contributed by atoms with Gasteiger partial charge in [-0.1, -0.05) is 0 Å². The lowest BCUT2D eigenvalue weighted by molar-refractivity contribution is -0.118. The molecule has 1 N–H and O–H groups in total. The summed E-state index contributed by atoms with van der Waals surface area (Å²) in [4.78, 5) is 30.3. The molecular formula is C21H24N4O6S2. The SMILES string of the molecule is CCOC(=O)c1c(NC(=O)COc2nn(C)c3nc(C)cc(C)c23)sc2c1CCS(=O)(=O)C2. The summed E-state index contributed by atoms with van der Waals surface area (Å²) >= 11 is 1.08. The third kappa shape index (κ3) is 4.58. The van der Waals surface area contributed by atoms with Gasteiger partial charge in [-0.25, -0.2) is 22.9 Å². The molecule has 0 bridgehead atoms. The van der Waals surface area contributed by atoms with E-state index in [1.807, 2.05) is 19.9 Å². The third-order valence-corrected chi connectivity index (χ3v) is 8.15. The monoisotopic (exact) mass is 492 g/mol. The largest absolute Gasteiger partial charge is 0.466 e. The number of fused-ring (bicyclic) bond motifs is 2. The lowest BCUT2D eigenvalue weighted by Gasteiger charge is -2.13. The fourth-order valence-electron chi connectivity index (χ4n) is 3.88. The summed E-state index contributed by atoms with van der Waals surface area (Å²) < 4.78 is 36.5. The van der Waals surface area contributed by atoms with E-state index in [0.717, 1.165) is 28.0 Å². The average molecular weight is 493 g/mol. The smallest absolute Gasteiger partial charge is 0.341 e. The summed E-state index contributed by atoms with van der Waals surface area (Å²) in [5.74, 6) is -0.997. The van der Waals surface area contributed by atoms with Gasteiger partial charge in [0.25, 0.3) is 5.91 Å². The van der Waals surface area contributed by atoms with Crippen molar-refractivity contribution in [2.24, 2.45) is 7.05 Å². The minimum Gasteiger partial charge on any atom is -0.466 e. The predicted octanol–water partition coefficient (Wildman–Crippen LogP) is 2.31. The fourth-order valence-corrected chi connectivity index (χ4v) is 6.93. The van der Waals surface area contributed by atoms with Crippen LogP contribution in [0.5, 0.6) is 5.88 Å². The van der Waals surface area contributed by atoms with Crippen molar-refractivity contribution in [3.63, 3.8) is 0 Å². The zero-order valence-corrected chi connectivity index (χ0v) is 20.4. The number of aryl methyl sites for hydroxylation is 3. The molecule has 0 saturated carbocycles. The Labute approximate surface area is 194 Å². The quantitative estimate of drug-likeness (QED) is 0.519. The number of pyridine rings is 1. The van der Waals surface area contributed by atoms with E-state index < -0.39 is 21.7 Å². The lowest BCUT2D eigenvalue weighted by Crippen LogP contribution is -2.22. The summed E-state index contributed by atoms with van der Waals surface area (Å²) in [5, 5.41) is 8.00. The van der Waals surface area contributed by atoms with E-state index in [-0.39, 0.29) is 47.6 Å². The van der Waals surface area contributed by atoms with E-state index in [1.54, 1.807) is 18.7 Å². The second kappa shape index (κ2) is 8.75. The number of esters is 1. The second-order valence-electron chi connectivity index (χ2n) is 7.82. The third-order valence-electron chi connectivity index (χ3n) is 5.26. The summed E-state index contributed by atoms with van der Waals surface area (Å²) in [6, 6.07) is 1.91. The first-order chi connectivity index (χ1) is 15.6. The van der Waals surface area contributed by atoms with Gasteiger partial charge < -0.3 is 14.8 Å². The van der Waals surface area contributed by atoms with Crippen LogP contribution >= 0.6 is 11.3 Å². The van der Waals surface area contributed by atoms with Crippen LogP contribution in [0.3, 0.4) is 0 Å². The number of rotatable bonds is 6. The highest BCUT2D eigenvalue weighted by molar-refractivity contribution is 7.90. The van der Waals surface area contributed by atoms with Gasteiger partial charge in [-0.3, -0.25) is 4.79 Å². The van der Waals surface area contributed by atoms with Crippen LogP contribution in [-0.4, -0.2) is 54.0 Å². The van der Waals surface area contributed by atoms with Crippen molar-refractivity contribution >= 4 is 49.1 Å². The number of ether oxygens (including phenoxy) is 2. The first kappa shape index (κ1) is 23.2. The Morgan fingerprint density at radius 3 is 2.79 bits per heavy atom. The van der Waals surface area contributed by atoms with Crippen LogP contribution in [0.4, 0.5) is 5.00 Å². The molecule has 0 atom stereocenters. The van der Waals surface area contributed by atoms with Gasteiger partial charge in [0, 0.05) is 17.6 Å². The minimum atomic E-state index is -3.23. The standard InChI is InChI=1S/C21H24N4O6S2/c1-5-30-21(27)17-13-6-7-33(28,29)10-14(13)32-20(17)23-15(26)9-31-19-16-11(2)8-12(3)22-18(16)25(4)24-19/h8H,5-7,9-10H2,1-4H3,(H,23,26). The van der Waals surface area contributed by atoms with Gasteiger partial charge in [-0.05, 0) is 44.4 Å². The minimum absolute atomic E-state index is 0.0424. The van der Waals surface area contributed by atoms with Crippen LogP contribution in [0.15, 0.2) is 6.07 Å². The highest BCUT2D eigenvalue weighted by Crippen LogP contribution is 2.38. The molecule has 0 fully saturated rings. The molecular weight excluding hydrogens is 468 g/mol. The van der Waals surface area contributed by atoms with Crippen LogP contribution in [0.2, 0.25) is 0 Å². The number of hydrogen-bond donors (Lipinski definition) is 1. The Kier molecular flexibility index (Phi) is 6.14. The summed E-state index contributed by atoms with van der Waals surface area (Å²) in [5.41, 5.74) is 3.27. The topological polar surface area (TPSA) is 129 Å². The van der Waals surface area contributed by atoms with E-state index in [4.69, 9.17) is 9.47 Å². The van der Waals surface area contributed by atoms with Crippen molar-refractivity contribution in [2.45, 2.75) is 32.9 Å². The number of amides is 1. The number of carbonyl (C=O) groups is 2. The molecule has 0 unspecified atom stereocenters. The van der Waals surface area contributed by atoms with Gasteiger partial charge >= 0.3 is 5.97 Å². The van der Waals surface area contributed by atoms with E-state index in [0.29, 0.717) is 16.1 Å². The van der Waals surface area contributed by atoms with Gasteiger partial charge in [0.2, 0.25) is 5.88 Å². The van der Waals surface area contributed by atoms with Crippen LogP contribution < -0.4 is 10.1 Å². The number of nitrogens with zero attached hydrogens (tertiary/aromatic N) is 3. The Morgan fingerprint density at radius 1 is 1.30 bits per heavy atom. The molecule has 1 amide bonds. The summed E-state index contributed by atoms with van der Waals surface area (Å²) in [7, 11) is -1.49. The number of hydrogen-bond acceptors (Lipinski definition) is 9. The zero-order chi connectivity index (χ0) is 23.9. The highest BCUT2D eigenvalue weighted by Gasteiger charge is 2.32. The summed E-state index contributed by atoms with van der Waals surface area (Å²) in [6.07, 6.45) is 0.209. The number of thiophene rings is 1. The molecule has 0 radical (unpaired) electrons. The maximum atomic E-state index is 12.7. The first-order valence-corrected chi connectivity index (χ1v) is 13.0. The van der Waals surface area contributed by atoms with Gasteiger partial charge in [-0.15, -0.1) is 16.4 Å². The van der Waals surface area contributed by atoms with Crippen LogP contribution in [0.1, 0.15) is 39.0 Å². The van der Waals surface area contributed by atoms with Crippen molar-refractivity contribution in [1.29, 1.82) is 0 Å². The maximum absolute atomic E-state index is 12.7. The van der Waals surface area contributed by atoms with E-state index in [2.05, 4.69) is 15.4 Å². The normalized spacial score (nSPS) is 14.7. The molecule has 0 spiro atoms. The molecule has 10 nitrogen and oxygen atoms in total. The molecule has 0 aliphatic carbocycles. The van der Waals surface area contributed by atoms with E-state index in [9.17, 15) is 18.0 Å². The number of nitrogens with one attached hydrogen (secondary N) is 1. The van der Waals surface area contributed by atoms with Gasteiger partial charge in [0.15, 0.2) is 22.1 Å². The summed E-state index contributed by atoms with van der Waals surface area (Å²) in [6.45, 7) is 5.31. The molecule has 1 aliphatic rings. The molecule has 0 saturated heterocycles. The van der Waals surface area contributed by atoms with Gasteiger partial charge in [0.1, 0.15) is 5.00 Å². The number of aromatic nitrogens is 3. The van der Waals surface area contributed by atoms with Gasteiger partial charge in [-0.2, -0.15) is 0 Å². The van der Waals surface area contributed by atoms with Crippen LogP contribution in [-0.2, 0) is 38.6 Å². The Balaban J connectivity index is 1.56. The van der Waals surface area contributed by atoms with Crippen molar-refractivity contribution in [1.82, 2.24) is 14.8 Å². The second-order valence-corrected chi connectivity index (χ2v) is 11.1. The maximum Gasteiger partial charge on any atom is 0.341 e. The molecule has 3 aromatic heterocycles. The van der Waals surface area contributed by atoms with E-state index >= 15 is 0 Å². The predicted molar refractivity (Wildman–Crippen MR) is 124 cm³/mol. The van der Waals surface area contributed by atoms with Crippen molar-refractivity contribution in [3.05, 3.63) is 33.3 Å². The molecule has 1 aliphatic heterocycles. The molecule has 4 rings (SSSR count). The Bertz CT molecular complexity index is 1370. The molecule has 4 heterocycles. The molecule has 0 aromatic carbocycles. The lowest BCUT2D eigenvalue weighted by atomic mass is 10.1. The van der Waals surface area contributed by atoms with Crippen molar-refractivity contribution in [2.75, 3.05) is 24.3 Å². The van der Waals surface area contributed by atoms with Crippen LogP contribution in [0, 0.1) is 13.8 Å². The Morgan fingerprint density at radius 2 is 2.06 bits per heavy atom. The molecule has 33 heavy (non-hydrogen) atoms. The van der Waals surface area contributed by atoms with E-state index in [1.165, 1.54) is 0 Å². The molecule has 176 valence electrons. The van der Waals surface area contributed by atoms with Crippen LogP contribution in [0.25, 0.3) is 11.0 Å². The highest BCUT2D eigenvalue weighted by atomic mass is 32.2. The zero-order valence-electron chi connectivity index (χ0n) is 18.7. The average Bonchev–Trinajstić information content (AvgIpc) is 3.22.